The number of carbonyl (C=O) groups excluding carboxylic acids is 1. The Hall–Kier alpha value is -1.11. The maximum atomic E-state index is 12.0. The second-order valence-electron chi connectivity index (χ2n) is 5.14. The highest BCUT2D eigenvalue weighted by molar-refractivity contribution is 7.91. The fourth-order valence-electron chi connectivity index (χ4n) is 2.43. The lowest BCUT2D eigenvalue weighted by molar-refractivity contribution is -0.162. The second-order valence-corrected chi connectivity index (χ2v) is 7.44. The monoisotopic (exact) mass is 275 g/mol. The van der Waals surface area contributed by atoms with E-state index in [2.05, 4.69) is 5.32 Å². The molecule has 0 aromatic carbocycles. The third-order valence-corrected chi connectivity index (χ3v) is 5.66. The van der Waals surface area contributed by atoms with E-state index in [1.54, 1.807) is 0 Å². The van der Waals surface area contributed by atoms with Crippen LogP contribution >= 0.6 is 0 Å². The molecule has 0 bridgehead atoms. The predicted molar refractivity (Wildman–Crippen MR) is 63.7 cm³/mol. The van der Waals surface area contributed by atoms with E-state index in [1.807, 2.05) is 0 Å². The average molecular weight is 275 g/mol. The summed E-state index contributed by atoms with van der Waals surface area (Å²) in [5, 5.41) is 11.8. The molecule has 0 unspecified atom stereocenters. The van der Waals surface area contributed by atoms with E-state index in [0.29, 0.717) is 25.7 Å². The zero-order valence-corrected chi connectivity index (χ0v) is 10.8. The van der Waals surface area contributed by atoms with E-state index in [9.17, 15) is 18.0 Å². The molecule has 0 spiro atoms. The number of aliphatic carboxylic acids is 1. The van der Waals surface area contributed by atoms with Crippen LogP contribution in [0.5, 0.6) is 0 Å². The first-order chi connectivity index (χ1) is 8.36. The Morgan fingerprint density at radius 3 is 2.11 bits per heavy atom. The van der Waals surface area contributed by atoms with E-state index < -0.39 is 27.1 Å². The Bertz CT molecular complexity index is 452. The summed E-state index contributed by atoms with van der Waals surface area (Å²) in [4.78, 5) is 23.1. The van der Waals surface area contributed by atoms with Crippen molar-refractivity contribution in [1.29, 1.82) is 0 Å². The van der Waals surface area contributed by atoms with Crippen molar-refractivity contribution in [2.45, 2.75) is 38.1 Å². The molecule has 1 saturated heterocycles. The van der Waals surface area contributed by atoms with E-state index in [1.165, 1.54) is 0 Å². The van der Waals surface area contributed by atoms with Gasteiger partial charge in [-0.3, -0.25) is 9.59 Å². The van der Waals surface area contributed by atoms with Crippen molar-refractivity contribution in [3.63, 3.8) is 0 Å². The molecule has 1 amide bonds. The van der Waals surface area contributed by atoms with Gasteiger partial charge in [-0.05, 0) is 25.7 Å². The molecular weight excluding hydrogens is 258 g/mol. The van der Waals surface area contributed by atoms with E-state index in [4.69, 9.17) is 5.11 Å². The van der Waals surface area contributed by atoms with Crippen molar-refractivity contribution in [3.8, 4) is 0 Å². The molecule has 6 nitrogen and oxygen atoms in total. The van der Waals surface area contributed by atoms with Crippen LogP contribution in [0.15, 0.2) is 0 Å². The lowest BCUT2D eigenvalue weighted by Gasteiger charge is -2.37. The molecule has 0 atom stereocenters. The summed E-state index contributed by atoms with van der Waals surface area (Å²) >= 11 is 0. The quantitative estimate of drug-likeness (QED) is 0.702. The van der Waals surface area contributed by atoms with Gasteiger partial charge in [-0.15, -0.1) is 0 Å². The Kier molecular flexibility index (Phi) is 3.35. The lowest BCUT2D eigenvalue weighted by Crippen LogP contribution is -2.54. The fraction of sp³-hybridized carbons (Fsp3) is 0.818. The highest BCUT2D eigenvalue weighted by atomic mass is 32.2. The molecule has 2 fully saturated rings. The van der Waals surface area contributed by atoms with Gasteiger partial charge in [-0.25, -0.2) is 8.42 Å². The maximum Gasteiger partial charge on any atom is 0.319 e. The SMILES string of the molecule is O=C(O)C1(C(=O)NC2CCS(=O)(=O)CC2)CCC1. The molecule has 0 aromatic heterocycles. The van der Waals surface area contributed by atoms with Crippen LogP contribution in [0.25, 0.3) is 0 Å². The number of rotatable bonds is 3. The second kappa shape index (κ2) is 4.53. The van der Waals surface area contributed by atoms with Crippen molar-refractivity contribution in [2.24, 2.45) is 5.41 Å². The number of carboxylic acids is 1. The molecule has 102 valence electrons. The first-order valence-corrected chi connectivity index (χ1v) is 7.93. The van der Waals surface area contributed by atoms with Crippen LogP contribution in [0.3, 0.4) is 0 Å². The Balaban J connectivity index is 1.94. The molecule has 1 aliphatic heterocycles. The summed E-state index contributed by atoms with van der Waals surface area (Å²) in [7, 11) is -2.96. The minimum atomic E-state index is -2.96. The zero-order chi connectivity index (χ0) is 13.4. The number of sulfone groups is 1. The maximum absolute atomic E-state index is 12.0. The summed E-state index contributed by atoms with van der Waals surface area (Å²) in [6.07, 6.45) is 2.25. The lowest BCUT2D eigenvalue weighted by atomic mass is 9.68. The Morgan fingerprint density at radius 1 is 1.17 bits per heavy atom. The smallest absolute Gasteiger partial charge is 0.319 e. The average Bonchev–Trinajstić information content (AvgIpc) is 2.19. The van der Waals surface area contributed by atoms with Gasteiger partial charge in [0.2, 0.25) is 5.91 Å². The van der Waals surface area contributed by atoms with Gasteiger partial charge < -0.3 is 10.4 Å². The predicted octanol–water partition coefficient (Wildman–Crippen LogP) is -0.0653. The highest BCUT2D eigenvalue weighted by Crippen LogP contribution is 2.41. The molecule has 7 heteroatoms. The van der Waals surface area contributed by atoms with Gasteiger partial charge >= 0.3 is 5.97 Å². The normalized spacial score (nSPS) is 26.0. The van der Waals surface area contributed by atoms with E-state index in [-0.39, 0.29) is 17.5 Å². The van der Waals surface area contributed by atoms with Crippen LogP contribution in [0.2, 0.25) is 0 Å². The van der Waals surface area contributed by atoms with Gasteiger partial charge in [-0.2, -0.15) is 0 Å². The molecule has 18 heavy (non-hydrogen) atoms. The minimum absolute atomic E-state index is 0.0675. The molecule has 2 N–H and O–H groups in total. The third kappa shape index (κ3) is 2.36. The van der Waals surface area contributed by atoms with Crippen LogP contribution in [-0.2, 0) is 19.4 Å². The van der Waals surface area contributed by atoms with Crippen molar-refractivity contribution in [2.75, 3.05) is 11.5 Å². The van der Waals surface area contributed by atoms with Crippen LogP contribution < -0.4 is 5.32 Å². The number of carboxylic acid groups (broad SMARTS) is 1. The van der Waals surface area contributed by atoms with Crippen molar-refractivity contribution in [3.05, 3.63) is 0 Å². The first kappa shape index (κ1) is 13.3. The number of nitrogens with one attached hydrogen (secondary N) is 1. The molecule has 1 heterocycles. The summed E-state index contributed by atoms with van der Waals surface area (Å²) in [6, 6.07) is -0.210. The van der Waals surface area contributed by atoms with E-state index in [0.717, 1.165) is 6.42 Å². The summed E-state index contributed by atoms with van der Waals surface area (Å²) in [5.74, 6) is -1.39. The molecule has 0 aromatic rings. The van der Waals surface area contributed by atoms with Gasteiger partial charge in [0.15, 0.2) is 0 Å². The molecule has 0 radical (unpaired) electrons. The standard InChI is InChI=1S/C11H17NO5S/c13-9(11(10(14)15)4-1-5-11)12-8-2-6-18(16,17)7-3-8/h8H,1-7H2,(H,12,13)(H,14,15). The van der Waals surface area contributed by atoms with Gasteiger partial charge in [0.05, 0.1) is 11.5 Å². The molecule has 1 aliphatic carbocycles. The largest absolute Gasteiger partial charge is 0.480 e. The van der Waals surface area contributed by atoms with Gasteiger partial charge in [-0.1, -0.05) is 6.42 Å². The summed E-state index contributed by atoms with van der Waals surface area (Å²) in [6.45, 7) is 0. The van der Waals surface area contributed by atoms with E-state index >= 15 is 0 Å². The third-order valence-electron chi connectivity index (χ3n) is 3.94. The number of hydrogen-bond donors (Lipinski definition) is 2. The highest BCUT2D eigenvalue weighted by Gasteiger charge is 2.51. The van der Waals surface area contributed by atoms with Gasteiger partial charge in [0.25, 0.3) is 0 Å². The Labute approximate surface area is 106 Å². The number of amides is 1. The number of carbonyl (C=O) groups is 2. The van der Waals surface area contributed by atoms with Crippen molar-refractivity contribution < 1.29 is 23.1 Å². The van der Waals surface area contributed by atoms with Gasteiger partial charge in [0, 0.05) is 6.04 Å². The van der Waals surface area contributed by atoms with Gasteiger partial charge in [0.1, 0.15) is 15.3 Å². The fourth-order valence-corrected chi connectivity index (χ4v) is 3.92. The molecule has 2 aliphatic rings. The molecule has 2 rings (SSSR count). The molecular formula is C11H17NO5S. The minimum Gasteiger partial charge on any atom is -0.480 e. The van der Waals surface area contributed by atoms with Crippen LogP contribution in [-0.4, -0.2) is 42.9 Å². The van der Waals surface area contributed by atoms with Crippen LogP contribution in [0, 0.1) is 5.41 Å². The van der Waals surface area contributed by atoms with Crippen LogP contribution in [0.4, 0.5) is 0 Å². The Morgan fingerprint density at radius 2 is 1.72 bits per heavy atom. The molecule has 1 saturated carbocycles. The zero-order valence-electron chi connectivity index (χ0n) is 10.0. The van der Waals surface area contributed by atoms with Crippen LogP contribution in [0.1, 0.15) is 32.1 Å². The summed E-state index contributed by atoms with van der Waals surface area (Å²) < 4.78 is 22.5. The van der Waals surface area contributed by atoms with Crippen molar-refractivity contribution >= 4 is 21.7 Å². The topological polar surface area (TPSA) is 101 Å². The van der Waals surface area contributed by atoms with Crippen molar-refractivity contribution in [1.82, 2.24) is 5.32 Å². The summed E-state index contributed by atoms with van der Waals surface area (Å²) in [5.41, 5.74) is -1.27. The number of hydrogen-bond acceptors (Lipinski definition) is 4. The first-order valence-electron chi connectivity index (χ1n) is 6.10.